The van der Waals surface area contributed by atoms with E-state index in [0.29, 0.717) is 28.7 Å². The SMILES string of the molecule is COc1cc(OC)cc(C(=O)[C@H]2[C@@H](C)CC[C@H]3C(C)(C)CCC[C@]23C)c1. The number of ether oxygens (including phenoxy) is 2. The van der Waals surface area contributed by atoms with Gasteiger partial charge in [-0.25, -0.2) is 0 Å². The van der Waals surface area contributed by atoms with Crippen LogP contribution in [-0.2, 0) is 0 Å². The van der Waals surface area contributed by atoms with E-state index in [1.807, 2.05) is 18.2 Å². The molecular formula is C23H34O3. The molecule has 0 aliphatic heterocycles. The molecule has 0 amide bonds. The Morgan fingerprint density at radius 2 is 1.62 bits per heavy atom. The highest BCUT2D eigenvalue weighted by Gasteiger charge is 2.55. The summed E-state index contributed by atoms with van der Waals surface area (Å²) in [7, 11) is 3.26. The van der Waals surface area contributed by atoms with Crippen LogP contribution in [0.2, 0.25) is 0 Å². The van der Waals surface area contributed by atoms with Crippen LogP contribution < -0.4 is 9.47 Å². The van der Waals surface area contributed by atoms with Crippen molar-refractivity contribution in [3.63, 3.8) is 0 Å². The van der Waals surface area contributed by atoms with Gasteiger partial charge in [0.15, 0.2) is 5.78 Å². The lowest BCUT2D eigenvalue weighted by atomic mass is 9.46. The summed E-state index contributed by atoms with van der Waals surface area (Å²) in [6.45, 7) is 9.46. The molecule has 2 fully saturated rings. The van der Waals surface area contributed by atoms with E-state index in [4.69, 9.17) is 9.47 Å². The molecule has 0 aromatic heterocycles. The smallest absolute Gasteiger partial charge is 0.167 e. The number of carbonyl (C=O) groups excluding carboxylic acids is 1. The molecule has 0 heterocycles. The molecule has 144 valence electrons. The van der Waals surface area contributed by atoms with Crippen molar-refractivity contribution < 1.29 is 14.3 Å². The molecule has 2 aliphatic rings. The first kappa shape index (κ1) is 19.3. The molecule has 26 heavy (non-hydrogen) atoms. The second-order valence-corrected chi connectivity index (χ2v) is 9.40. The van der Waals surface area contributed by atoms with Crippen molar-refractivity contribution in [2.75, 3.05) is 14.2 Å². The lowest BCUT2D eigenvalue weighted by Gasteiger charge is -2.58. The van der Waals surface area contributed by atoms with E-state index in [1.54, 1.807) is 14.2 Å². The molecule has 0 saturated heterocycles. The standard InChI is InChI=1S/C23H34O3/c1-15-8-9-19-22(2,3)10-7-11-23(19,4)20(15)21(24)16-12-17(25-5)14-18(13-16)26-6/h12-15,19-20H,7-11H2,1-6H3/t15-,19-,20+,23-/m0/s1. The molecule has 0 spiro atoms. The largest absolute Gasteiger partial charge is 0.497 e. The predicted octanol–water partition coefficient (Wildman–Crippen LogP) is 5.77. The van der Waals surface area contributed by atoms with Crippen molar-refractivity contribution in [2.45, 2.75) is 59.8 Å². The summed E-state index contributed by atoms with van der Waals surface area (Å²) in [5.74, 6) is 2.72. The highest BCUT2D eigenvalue weighted by atomic mass is 16.5. The maximum Gasteiger partial charge on any atom is 0.167 e. The number of carbonyl (C=O) groups is 1. The molecule has 0 radical (unpaired) electrons. The van der Waals surface area contributed by atoms with Crippen LogP contribution in [0.5, 0.6) is 11.5 Å². The van der Waals surface area contributed by atoms with E-state index in [2.05, 4.69) is 27.7 Å². The second kappa shape index (κ2) is 6.90. The van der Waals surface area contributed by atoms with Crippen LogP contribution in [-0.4, -0.2) is 20.0 Å². The average Bonchev–Trinajstić information content (AvgIpc) is 2.59. The van der Waals surface area contributed by atoms with E-state index in [-0.39, 0.29) is 17.1 Å². The molecule has 3 heteroatoms. The Bertz CT molecular complexity index is 656. The van der Waals surface area contributed by atoms with E-state index >= 15 is 0 Å². The number of hydrogen-bond acceptors (Lipinski definition) is 3. The van der Waals surface area contributed by atoms with Crippen molar-refractivity contribution in [1.29, 1.82) is 0 Å². The molecule has 1 aromatic carbocycles. The number of hydrogen-bond donors (Lipinski definition) is 0. The molecule has 0 N–H and O–H groups in total. The van der Waals surface area contributed by atoms with Gasteiger partial charge in [-0.15, -0.1) is 0 Å². The quantitative estimate of drug-likeness (QED) is 0.641. The third kappa shape index (κ3) is 3.14. The van der Waals surface area contributed by atoms with E-state index in [0.717, 1.165) is 18.4 Å². The summed E-state index contributed by atoms with van der Waals surface area (Å²) < 4.78 is 10.8. The van der Waals surface area contributed by atoms with Gasteiger partial charge in [-0.2, -0.15) is 0 Å². The van der Waals surface area contributed by atoms with Gasteiger partial charge in [0.25, 0.3) is 0 Å². The van der Waals surface area contributed by atoms with Gasteiger partial charge in [0, 0.05) is 17.5 Å². The summed E-state index contributed by atoms with van der Waals surface area (Å²) in [5.41, 5.74) is 1.12. The van der Waals surface area contributed by atoms with Crippen molar-refractivity contribution in [2.24, 2.45) is 28.6 Å². The topological polar surface area (TPSA) is 35.5 Å². The van der Waals surface area contributed by atoms with Crippen LogP contribution in [0.3, 0.4) is 0 Å². The summed E-state index contributed by atoms with van der Waals surface area (Å²) in [5, 5.41) is 0. The zero-order valence-corrected chi connectivity index (χ0v) is 17.2. The van der Waals surface area contributed by atoms with E-state index < -0.39 is 0 Å². The zero-order valence-electron chi connectivity index (χ0n) is 17.2. The summed E-state index contributed by atoms with van der Waals surface area (Å²) >= 11 is 0. The molecule has 0 bridgehead atoms. The first-order valence-electron chi connectivity index (χ1n) is 10.00. The average molecular weight is 359 g/mol. The number of benzene rings is 1. The van der Waals surface area contributed by atoms with Crippen LogP contribution in [0.1, 0.15) is 70.2 Å². The lowest BCUT2D eigenvalue weighted by Crippen LogP contribution is -2.53. The zero-order chi connectivity index (χ0) is 19.1. The summed E-state index contributed by atoms with van der Waals surface area (Å²) in [4.78, 5) is 13.7. The Labute approximate surface area is 158 Å². The van der Waals surface area contributed by atoms with Gasteiger partial charge >= 0.3 is 0 Å². The molecule has 4 atom stereocenters. The minimum atomic E-state index is 0.0673. The van der Waals surface area contributed by atoms with Gasteiger partial charge in [-0.3, -0.25) is 4.79 Å². The van der Waals surface area contributed by atoms with Crippen LogP contribution in [0.15, 0.2) is 18.2 Å². The fraction of sp³-hybridized carbons (Fsp3) is 0.696. The molecule has 2 aliphatic carbocycles. The van der Waals surface area contributed by atoms with Gasteiger partial charge in [-0.1, -0.05) is 34.1 Å². The highest BCUT2D eigenvalue weighted by Crippen LogP contribution is 2.61. The maximum absolute atomic E-state index is 13.7. The van der Waals surface area contributed by atoms with Gasteiger partial charge in [0.2, 0.25) is 0 Å². The number of Topliss-reactive ketones (excluding diaryl/α,β-unsaturated/α-hetero) is 1. The van der Waals surface area contributed by atoms with Crippen molar-refractivity contribution >= 4 is 5.78 Å². The molecule has 2 saturated carbocycles. The second-order valence-electron chi connectivity index (χ2n) is 9.40. The van der Waals surface area contributed by atoms with Crippen molar-refractivity contribution in [3.05, 3.63) is 23.8 Å². The van der Waals surface area contributed by atoms with Crippen LogP contribution in [0.25, 0.3) is 0 Å². The molecule has 3 nitrogen and oxygen atoms in total. The lowest BCUT2D eigenvalue weighted by molar-refractivity contribution is -0.0796. The fourth-order valence-corrected chi connectivity index (χ4v) is 6.19. The van der Waals surface area contributed by atoms with Crippen molar-refractivity contribution in [1.82, 2.24) is 0 Å². The van der Waals surface area contributed by atoms with Crippen LogP contribution in [0.4, 0.5) is 0 Å². The summed E-state index contributed by atoms with van der Waals surface area (Å²) in [6, 6.07) is 5.58. The minimum Gasteiger partial charge on any atom is -0.497 e. The Morgan fingerprint density at radius 3 is 2.19 bits per heavy atom. The van der Waals surface area contributed by atoms with Crippen LogP contribution >= 0.6 is 0 Å². The molecule has 0 unspecified atom stereocenters. The highest BCUT2D eigenvalue weighted by molar-refractivity contribution is 5.99. The summed E-state index contributed by atoms with van der Waals surface area (Å²) in [6.07, 6.45) is 6.04. The van der Waals surface area contributed by atoms with E-state index in [9.17, 15) is 4.79 Å². The normalized spacial score (nSPS) is 33.2. The molecule has 3 rings (SSSR count). The Morgan fingerprint density at radius 1 is 1.00 bits per heavy atom. The van der Waals surface area contributed by atoms with Gasteiger partial charge in [0.1, 0.15) is 11.5 Å². The number of ketones is 1. The maximum atomic E-state index is 13.7. The van der Waals surface area contributed by atoms with Crippen LogP contribution in [0, 0.1) is 28.6 Å². The fourth-order valence-electron chi connectivity index (χ4n) is 6.19. The number of fused-ring (bicyclic) bond motifs is 1. The Hall–Kier alpha value is -1.51. The predicted molar refractivity (Wildman–Crippen MR) is 105 cm³/mol. The first-order valence-corrected chi connectivity index (χ1v) is 10.00. The van der Waals surface area contributed by atoms with E-state index in [1.165, 1.54) is 19.3 Å². The van der Waals surface area contributed by atoms with Gasteiger partial charge in [-0.05, 0) is 60.5 Å². The number of methoxy groups -OCH3 is 2. The molecular weight excluding hydrogens is 324 g/mol. The first-order chi connectivity index (χ1) is 12.2. The Kier molecular flexibility index (Phi) is 5.11. The van der Waals surface area contributed by atoms with Gasteiger partial charge < -0.3 is 9.47 Å². The Balaban J connectivity index is 2.02. The number of rotatable bonds is 4. The third-order valence-corrected chi connectivity index (χ3v) is 7.38. The molecule has 1 aromatic rings. The third-order valence-electron chi connectivity index (χ3n) is 7.38. The van der Waals surface area contributed by atoms with Crippen molar-refractivity contribution in [3.8, 4) is 11.5 Å². The minimum absolute atomic E-state index is 0.0673. The van der Waals surface area contributed by atoms with Gasteiger partial charge in [0.05, 0.1) is 14.2 Å². The monoisotopic (exact) mass is 358 g/mol.